The summed E-state index contributed by atoms with van der Waals surface area (Å²) in [7, 11) is 1.78. The summed E-state index contributed by atoms with van der Waals surface area (Å²) in [6.07, 6.45) is 6.34. The molecule has 1 heterocycles. The second kappa shape index (κ2) is 3.82. The van der Waals surface area contributed by atoms with Gasteiger partial charge in [0.25, 0.3) is 5.91 Å². The number of nitrogens with one attached hydrogen (secondary N) is 1. The van der Waals surface area contributed by atoms with Crippen molar-refractivity contribution >= 4 is 5.91 Å². The van der Waals surface area contributed by atoms with Gasteiger partial charge < -0.3 is 5.32 Å². The van der Waals surface area contributed by atoms with Crippen LogP contribution >= 0.6 is 0 Å². The molecule has 0 atom stereocenters. The second-order valence-corrected chi connectivity index (χ2v) is 3.79. The molecule has 0 bridgehead atoms. The van der Waals surface area contributed by atoms with E-state index in [4.69, 9.17) is 0 Å². The minimum Gasteiger partial charge on any atom is -0.348 e. The molecule has 0 aromatic carbocycles. The molecule has 1 aromatic rings. The lowest BCUT2D eigenvalue weighted by molar-refractivity contribution is 0.0928. The van der Waals surface area contributed by atoms with E-state index >= 15 is 0 Å². The third kappa shape index (κ3) is 1.78. The SMILES string of the molecule is Cn1nccc1C(=O)NC1CCCC1. The van der Waals surface area contributed by atoms with Crippen molar-refractivity contribution in [2.24, 2.45) is 7.05 Å². The Balaban J connectivity index is 1.98. The van der Waals surface area contributed by atoms with Crippen molar-refractivity contribution in [3.8, 4) is 0 Å². The van der Waals surface area contributed by atoms with Crippen LogP contribution in [-0.4, -0.2) is 21.7 Å². The molecule has 0 radical (unpaired) electrons. The lowest BCUT2D eigenvalue weighted by atomic mass is 10.2. The summed E-state index contributed by atoms with van der Waals surface area (Å²) < 4.78 is 1.60. The fraction of sp³-hybridized carbons (Fsp3) is 0.600. The van der Waals surface area contributed by atoms with E-state index in [0.29, 0.717) is 11.7 Å². The molecule has 76 valence electrons. The van der Waals surface area contributed by atoms with Crippen LogP contribution in [0.2, 0.25) is 0 Å². The lowest BCUT2D eigenvalue weighted by Crippen LogP contribution is -2.33. The molecule has 1 aliphatic carbocycles. The van der Waals surface area contributed by atoms with Gasteiger partial charge in [-0.2, -0.15) is 5.10 Å². The van der Waals surface area contributed by atoms with Gasteiger partial charge in [-0.3, -0.25) is 9.48 Å². The van der Waals surface area contributed by atoms with E-state index in [1.54, 1.807) is 24.0 Å². The standard InChI is InChI=1S/C10H15N3O/c1-13-9(6-7-11-13)10(14)12-8-4-2-3-5-8/h6-8H,2-5H2,1H3,(H,12,14). The first-order valence-electron chi connectivity index (χ1n) is 5.06. The van der Waals surface area contributed by atoms with E-state index < -0.39 is 0 Å². The van der Waals surface area contributed by atoms with Crippen LogP contribution in [-0.2, 0) is 7.05 Å². The normalized spacial score (nSPS) is 17.2. The first-order chi connectivity index (χ1) is 6.77. The summed E-state index contributed by atoms with van der Waals surface area (Å²) in [6.45, 7) is 0. The number of nitrogens with zero attached hydrogens (tertiary/aromatic N) is 2. The van der Waals surface area contributed by atoms with E-state index in [9.17, 15) is 4.79 Å². The molecule has 4 heteroatoms. The van der Waals surface area contributed by atoms with Crippen molar-refractivity contribution in [1.29, 1.82) is 0 Å². The summed E-state index contributed by atoms with van der Waals surface area (Å²) in [5.74, 6) is -0.00287. The van der Waals surface area contributed by atoms with Crippen molar-refractivity contribution in [3.63, 3.8) is 0 Å². The van der Waals surface area contributed by atoms with Crippen LogP contribution in [0.1, 0.15) is 36.2 Å². The summed E-state index contributed by atoms with van der Waals surface area (Å²) in [6, 6.07) is 2.11. The Labute approximate surface area is 83.3 Å². The number of rotatable bonds is 2. The fourth-order valence-corrected chi connectivity index (χ4v) is 1.93. The highest BCUT2D eigenvalue weighted by atomic mass is 16.2. The highest BCUT2D eigenvalue weighted by Gasteiger charge is 2.19. The first kappa shape index (κ1) is 9.24. The minimum absolute atomic E-state index is 0.00287. The zero-order valence-electron chi connectivity index (χ0n) is 8.36. The van der Waals surface area contributed by atoms with Gasteiger partial charge in [-0.25, -0.2) is 0 Å². The predicted molar refractivity (Wildman–Crippen MR) is 52.9 cm³/mol. The molecular formula is C10H15N3O. The van der Waals surface area contributed by atoms with E-state index in [0.717, 1.165) is 12.8 Å². The molecule has 1 amide bonds. The van der Waals surface area contributed by atoms with E-state index in [2.05, 4.69) is 10.4 Å². The molecule has 1 aromatic heterocycles. The van der Waals surface area contributed by atoms with Crippen LogP contribution in [0.25, 0.3) is 0 Å². The van der Waals surface area contributed by atoms with Crippen LogP contribution in [0.15, 0.2) is 12.3 Å². The van der Waals surface area contributed by atoms with Crippen LogP contribution < -0.4 is 5.32 Å². The predicted octanol–water partition coefficient (Wildman–Crippen LogP) is 1.09. The largest absolute Gasteiger partial charge is 0.348 e. The summed E-state index contributed by atoms with van der Waals surface area (Å²) in [5, 5.41) is 6.99. The Morgan fingerprint density at radius 1 is 1.57 bits per heavy atom. The van der Waals surface area contributed by atoms with Gasteiger partial charge in [-0.15, -0.1) is 0 Å². The lowest BCUT2D eigenvalue weighted by Gasteiger charge is -2.11. The highest BCUT2D eigenvalue weighted by Crippen LogP contribution is 2.17. The molecular weight excluding hydrogens is 178 g/mol. The fourth-order valence-electron chi connectivity index (χ4n) is 1.93. The van der Waals surface area contributed by atoms with Gasteiger partial charge in [-0.05, 0) is 18.9 Å². The Morgan fingerprint density at radius 2 is 2.29 bits per heavy atom. The Bertz CT molecular complexity index is 326. The minimum atomic E-state index is -0.00287. The van der Waals surface area contributed by atoms with Gasteiger partial charge in [0.05, 0.1) is 0 Å². The van der Waals surface area contributed by atoms with E-state index in [1.807, 2.05) is 0 Å². The van der Waals surface area contributed by atoms with Crippen molar-refractivity contribution < 1.29 is 4.79 Å². The van der Waals surface area contributed by atoms with Crippen molar-refractivity contribution in [2.75, 3.05) is 0 Å². The zero-order valence-corrected chi connectivity index (χ0v) is 8.36. The van der Waals surface area contributed by atoms with Crippen LogP contribution in [0.3, 0.4) is 0 Å². The molecule has 0 aliphatic heterocycles. The molecule has 1 aliphatic rings. The number of hydrogen-bond acceptors (Lipinski definition) is 2. The molecule has 1 saturated carbocycles. The Hall–Kier alpha value is -1.32. The Morgan fingerprint density at radius 3 is 2.86 bits per heavy atom. The first-order valence-corrected chi connectivity index (χ1v) is 5.06. The number of aromatic nitrogens is 2. The smallest absolute Gasteiger partial charge is 0.269 e. The number of hydrogen-bond donors (Lipinski definition) is 1. The van der Waals surface area contributed by atoms with Crippen LogP contribution in [0.5, 0.6) is 0 Å². The quantitative estimate of drug-likeness (QED) is 0.764. The zero-order chi connectivity index (χ0) is 9.97. The molecule has 14 heavy (non-hydrogen) atoms. The van der Waals surface area contributed by atoms with E-state index in [-0.39, 0.29) is 5.91 Å². The molecule has 1 fully saturated rings. The average molecular weight is 193 g/mol. The maximum absolute atomic E-state index is 11.7. The van der Waals surface area contributed by atoms with Gasteiger partial charge in [0.2, 0.25) is 0 Å². The molecule has 0 spiro atoms. The topological polar surface area (TPSA) is 46.9 Å². The monoisotopic (exact) mass is 193 g/mol. The summed E-state index contributed by atoms with van der Waals surface area (Å²) in [5.41, 5.74) is 0.636. The van der Waals surface area contributed by atoms with Crippen LogP contribution in [0.4, 0.5) is 0 Å². The average Bonchev–Trinajstić information content (AvgIpc) is 2.75. The molecule has 4 nitrogen and oxygen atoms in total. The van der Waals surface area contributed by atoms with Gasteiger partial charge in [0.15, 0.2) is 0 Å². The van der Waals surface area contributed by atoms with Crippen LogP contribution in [0, 0.1) is 0 Å². The summed E-state index contributed by atoms with van der Waals surface area (Å²) >= 11 is 0. The number of aryl methyl sites for hydroxylation is 1. The van der Waals surface area contributed by atoms with Crippen molar-refractivity contribution in [2.45, 2.75) is 31.7 Å². The van der Waals surface area contributed by atoms with Crippen molar-refractivity contribution in [1.82, 2.24) is 15.1 Å². The molecule has 0 saturated heterocycles. The molecule has 1 N–H and O–H groups in total. The van der Waals surface area contributed by atoms with E-state index in [1.165, 1.54) is 12.8 Å². The third-order valence-electron chi connectivity index (χ3n) is 2.74. The van der Waals surface area contributed by atoms with Gasteiger partial charge in [-0.1, -0.05) is 12.8 Å². The molecule has 2 rings (SSSR count). The third-order valence-corrected chi connectivity index (χ3v) is 2.74. The van der Waals surface area contributed by atoms with Gasteiger partial charge in [0.1, 0.15) is 5.69 Å². The van der Waals surface area contributed by atoms with Crippen molar-refractivity contribution in [3.05, 3.63) is 18.0 Å². The van der Waals surface area contributed by atoms with Gasteiger partial charge in [0, 0.05) is 19.3 Å². The summed E-state index contributed by atoms with van der Waals surface area (Å²) in [4.78, 5) is 11.7. The maximum atomic E-state index is 11.7. The van der Waals surface area contributed by atoms with Gasteiger partial charge >= 0.3 is 0 Å². The number of carbonyl (C=O) groups is 1. The molecule has 0 unspecified atom stereocenters. The maximum Gasteiger partial charge on any atom is 0.269 e. The Kier molecular flexibility index (Phi) is 2.52. The number of carbonyl (C=O) groups excluding carboxylic acids is 1. The second-order valence-electron chi connectivity index (χ2n) is 3.79. The highest BCUT2D eigenvalue weighted by molar-refractivity contribution is 5.92. The number of amides is 1.